The van der Waals surface area contributed by atoms with Crippen LogP contribution in [0.2, 0.25) is 0 Å². The highest BCUT2D eigenvalue weighted by Gasteiger charge is 2.22. The summed E-state index contributed by atoms with van der Waals surface area (Å²) in [4.78, 5) is 22.4. The summed E-state index contributed by atoms with van der Waals surface area (Å²) in [5.74, 6) is -0.526. The maximum absolute atomic E-state index is 11.3. The molecule has 0 spiro atoms. The molecule has 0 aliphatic rings. The summed E-state index contributed by atoms with van der Waals surface area (Å²) in [6, 6.07) is -0.574. The van der Waals surface area contributed by atoms with Gasteiger partial charge in [-0.1, -0.05) is 0 Å². The van der Waals surface area contributed by atoms with Crippen molar-refractivity contribution >= 4 is 23.5 Å². The molecule has 0 aliphatic carbocycles. The van der Waals surface area contributed by atoms with Gasteiger partial charge in [0.15, 0.2) is 0 Å². The Bertz CT molecular complexity index is 242. The van der Waals surface area contributed by atoms with E-state index < -0.39 is 22.9 Å². The minimum atomic E-state index is -0.735. The monoisotopic (exact) mass is 236 g/mol. The molecule has 5 nitrogen and oxygen atoms in total. The van der Waals surface area contributed by atoms with Gasteiger partial charge in [0.1, 0.15) is 5.38 Å². The number of methoxy groups -OCH3 is 1. The smallest absolute Gasteiger partial charge is 0.321 e. The van der Waals surface area contributed by atoms with Crippen molar-refractivity contribution in [2.45, 2.75) is 31.7 Å². The van der Waals surface area contributed by atoms with Crippen LogP contribution < -0.4 is 10.6 Å². The lowest BCUT2D eigenvalue weighted by molar-refractivity contribution is -0.119. The maximum atomic E-state index is 11.3. The SMILES string of the molecule is COCC(C)(C)NC(=O)NC(=O)C(C)Cl. The van der Waals surface area contributed by atoms with Crippen LogP contribution >= 0.6 is 11.6 Å². The van der Waals surface area contributed by atoms with E-state index in [1.165, 1.54) is 14.0 Å². The van der Waals surface area contributed by atoms with E-state index in [4.69, 9.17) is 16.3 Å². The highest BCUT2D eigenvalue weighted by molar-refractivity contribution is 6.31. The zero-order chi connectivity index (χ0) is 12.1. The topological polar surface area (TPSA) is 67.4 Å². The predicted molar refractivity (Wildman–Crippen MR) is 57.9 cm³/mol. The van der Waals surface area contributed by atoms with Crippen LogP contribution in [0.3, 0.4) is 0 Å². The number of hydrogen-bond acceptors (Lipinski definition) is 3. The van der Waals surface area contributed by atoms with Crippen LogP contribution in [0.1, 0.15) is 20.8 Å². The van der Waals surface area contributed by atoms with Crippen molar-refractivity contribution in [3.63, 3.8) is 0 Å². The Kier molecular flexibility index (Phi) is 5.60. The van der Waals surface area contributed by atoms with Gasteiger partial charge in [-0.15, -0.1) is 11.6 Å². The van der Waals surface area contributed by atoms with Crippen molar-refractivity contribution in [2.24, 2.45) is 0 Å². The van der Waals surface area contributed by atoms with Gasteiger partial charge >= 0.3 is 6.03 Å². The first-order chi connectivity index (χ1) is 6.78. The Morgan fingerprint density at radius 3 is 2.40 bits per heavy atom. The largest absolute Gasteiger partial charge is 0.382 e. The van der Waals surface area contributed by atoms with Crippen molar-refractivity contribution < 1.29 is 14.3 Å². The molecular weight excluding hydrogens is 220 g/mol. The van der Waals surface area contributed by atoms with Crippen LogP contribution in [0.25, 0.3) is 0 Å². The maximum Gasteiger partial charge on any atom is 0.321 e. The van der Waals surface area contributed by atoms with E-state index in [0.29, 0.717) is 6.61 Å². The Morgan fingerprint density at radius 2 is 2.00 bits per heavy atom. The molecule has 0 rings (SSSR count). The summed E-state index contributed by atoms with van der Waals surface area (Å²) in [5, 5.41) is 3.97. The number of ether oxygens (including phenoxy) is 1. The van der Waals surface area contributed by atoms with Crippen molar-refractivity contribution in [3.05, 3.63) is 0 Å². The first-order valence-electron chi connectivity index (χ1n) is 4.54. The third-order valence-corrected chi connectivity index (χ3v) is 1.75. The van der Waals surface area contributed by atoms with E-state index in [2.05, 4.69) is 10.6 Å². The summed E-state index contributed by atoms with van der Waals surface area (Å²) in [6.07, 6.45) is 0. The molecule has 0 bridgehead atoms. The molecule has 0 aromatic rings. The molecule has 0 saturated carbocycles. The zero-order valence-electron chi connectivity index (χ0n) is 9.39. The van der Waals surface area contributed by atoms with E-state index in [9.17, 15) is 9.59 Å². The number of urea groups is 1. The van der Waals surface area contributed by atoms with Gasteiger partial charge in [0, 0.05) is 7.11 Å². The fourth-order valence-electron chi connectivity index (χ4n) is 0.947. The molecule has 15 heavy (non-hydrogen) atoms. The number of halogens is 1. The molecule has 88 valence electrons. The van der Waals surface area contributed by atoms with E-state index in [-0.39, 0.29) is 0 Å². The second-order valence-electron chi connectivity index (χ2n) is 3.88. The molecule has 6 heteroatoms. The molecule has 1 atom stereocenters. The number of carbonyl (C=O) groups is 2. The van der Waals surface area contributed by atoms with Crippen LogP contribution in [0.4, 0.5) is 4.79 Å². The highest BCUT2D eigenvalue weighted by Crippen LogP contribution is 2.01. The molecule has 0 fully saturated rings. The van der Waals surface area contributed by atoms with Crippen LogP contribution in [0.5, 0.6) is 0 Å². The average molecular weight is 237 g/mol. The van der Waals surface area contributed by atoms with Crippen molar-refractivity contribution in [1.29, 1.82) is 0 Å². The third kappa shape index (κ3) is 6.30. The van der Waals surface area contributed by atoms with Gasteiger partial charge in [0.05, 0.1) is 12.1 Å². The molecule has 2 N–H and O–H groups in total. The summed E-state index contributed by atoms with van der Waals surface area (Å²) < 4.78 is 4.91. The normalized spacial score (nSPS) is 13.1. The predicted octanol–water partition coefficient (Wildman–Crippen LogP) is 0.865. The lowest BCUT2D eigenvalue weighted by Crippen LogP contribution is -2.53. The lowest BCUT2D eigenvalue weighted by Gasteiger charge is -2.25. The third-order valence-electron chi connectivity index (χ3n) is 1.56. The molecule has 0 saturated heterocycles. The van der Waals surface area contributed by atoms with Crippen LogP contribution in [-0.4, -0.2) is 36.6 Å². The van der Waals surface area contributed by atoms with Crippen molar-refractivity contribution in [1.82, 2.24) is 10.6 Å². The number of alkyl halides is 1. The van der Waals surface area contributed by atoms with E-state index in [1.54, 1.807) is 13.8 Å². The van der Waals surface area contributed by atoms with Gasteiger partial charge in [-0.2, -0.15) is 0 Å². The average Bonchev–Trinajstić information content (AvgIpc) is 2.01. The quantitative estimate of drug-likeness (QED) is 0.712. The minimum absolute atomic E-state index is 0.352. The summed E-state index contributed by atoms with van der Waals surface area (Å²) in [7, 11) is 1.54. The van der Waals surface area contributed by atoms with Gasteiger partial charge in [-0.25, -0.2) is 4.79 Å². The van der Waals surface area contributed by atoms with Gasteiger partial charge < -0.3 is 10.1 Å². The summed E-state index contributed by atoms with van der Waals surface area (Å²) in [6.45, 7) is 5.41. The minimum Gasteiger partial charge on any atom is -0.382 e. The second-order valence-corrected chi connectivity index (χ2v) is 4.53. The molecular formula is C9H17ClN2O3. The zero-order valence-corrected chi connectivity index (χ0v) is 10.1. The van der Waals surface area contributed by atoms with Crippen molar-refractivity contribution in [2.75, 3.05) is 13.7 Å². The van der Waals surface area contributed by atoms with Crippen LogP contribution in [0.15, 0.2) is 0 Å². The second kappa shape index (κ2) is 5.92. The summed E-state index contributed by atoms with van der Waals surface area (Å²) >= 11 is 5.49. The number of imide groups is 1. The number of hydrogen-bond donors (Lipinski definition) is 2. The number of amides is 3. The molecule has 0 aromatic carbocycles. The fourth-order valence-corrected chi connectivity index (χ4v) is 1.00. The Labute approximate surface area is 94.5 Å². The van der Waals surface area contributed by atoms with E-state index >= 15 is 0 Å². The van der Waals surface area contributed by atoms with Gasteiger partial charge in [0.2, 0.25) is 5.91 Å². The number of rotatable bonds is 4. The van der Waals surface area contributed by atoms with Gasteiger partial charge in [-0.3, -0.25) is 10.1 Å². The van der Waals surface area contributed by atoms with Gasteiger partial charge in [-0.05, 0) is 20.8 Å². The molecule has 0 aliphatic heterocycles. The van der Waals surface area contributed by atoms with E-state index in [1.807, 2.05) is 0 Å². The molecule has 1 unspecified atom stereocenters. The number of nitrogens with one attached hydrogen (secondary N) is 2. The van der Waals surface area contributed by atoms with Crippen LogP contribution in [0, 0.1) is 0 Å². The molecule has 0 heterocycles. The highest BCUT2D eigenvalue weighted by atomic mass is 35.5. The fraction of sp³-hybridized carbons (Fsp3) is 0.778. The first kappa shape index (κ1) is 14.2. The Morgan fingerprint density at radius 1 is 1.47 bits per heavy atom. The molecule has 0 radical (unpaired) electrons. The van der Waals surface area contributed by atoms with Crippen molar-refractivity contribution in [3.8, 4) is 0 Å². The summed E-state index contributed by atoms with van der Waals surface area (Å²) in [5.41, 5.74) is -0.533. The first-order valence-corrected chi connectivity index (χ1v) is 4.98. The Balaban J connectivity index is 4.09. The molecule has 0 aromatic heterocycles. The lowest BCUT2D eigenvalue weighted by atomic mass is 10.1. The molecule has 3 amide bonds. The standard InChI is InChI=1S/C9H17ClN2O3/c1-6(10)7(13)11-8(14)12-9(2,3)5-15-4/h6H,5H2,1-4H3,(H2,11,12,13,14). The Hall–Kier alpha value is -0.810. The number of carbonyl (C=O) groups excluding carboxylic acids is 2. The van der Waals surface area contributed by atoms with E-state index in [0.717, 1.165) is 0 Å². The van der Waals surface area contributed by atoms with Crippen LogP contribution in [-0.2, 0) is 9.53 Å². The van der Waals surface area contributed by atoms with Gasteiger partial charge in [0.25, 0.3) is 0 Å².